The summed E-state index contributed by atoms with van der Waals surface area (Å²) >= 11 is 1.03. The van der Waals surface area contributed by atoms with Gasteiger partial charge in [-0.1, -0.05) is 6.92 Å². The molecule has 1 aromatic rings. The summed E-state index contributed by atoms with van der Waals surface area (Å²) in [6.45, 7) is 0.964. The molecule has 0 bridgehead atoms. The van der Waals surface area contributed by atoms with Gasteiger partial charge in [0.1, 0.15) is 10.8 Å². The third-order valence-corrected chi connectivity index (χ3v) is 7.08. The van der Waals surface area contributed by atoms with Crippen LogP contribution in [0.5, 0.6) is 0 Å². The van der Waals surface area contributed by atoms with Gasteiger partial charge in [-0.05, 0) is 31.4 Å². The van der Waals surface area contributed by atoms with Gasteiger partial charge in [-0.25, -0.2) is 8.42 Å². The van der Waals surface area contributed by atoms with Crippen LogP contribution in [-0.2, 0) is 21.2 Å². The zero-order chi connectivity index (χ0) is 16.4. The van der Waals surface area contributed by atoms with Gasteiger partial charge < -0.3 is 4.74 Å². The van der Waals surface area contributed by atoms with Crippen molar-refractivity contribution in [2.75, 3.05) is 19.8 Å². The largest absolute Gasteiger partial charge is 0.402 e. The number of hydrogen-bond donors (Lipinski definition) is 0. The molecule has 1 saturated heterocycles. The van der Waals surface area contributed by atoms with E-state index in [1.165, 1.54) is 6.07 Å². The lowest BCUT2D eigenvalue weighted by atomic mass is 10.1. The van der Waals surface area contributed by atoms with E-state index < -0.39 is 28.8 Å². The number of hydrogen-bond acceptors (Lipinski definition) is 4. The van der Waals surface area contributed by atoms with Gasteiger partial charge in [-0.3, -0.25) is 0 Å². The van der Waals surface area contributed by atoms with Gasteiger partial charge in [0.15, 0.2) is 0 Å². The average molecular weight is 357 g/mol. The summed E-state index contributed by atoms with van der Waals surface area (Å²) in [5.41, 5.74) is 0. The normalized spacial score (nSPS) is 18.0. The van der Waals surface area contributed by atoms with Crippen molar-refractivity contribution < 1.29 is 26.3 Å². The van der Waals surface area contributed by atoms with Crippen molar-refractivity contribution in [2.24, 2.45) is 0 Å². The Labute approximate surface area is 131 Å². The molecule has 1 aliphatic rings. The van der Waals surface area contributed by atoms with Crippen LogP contribution < -0.4 is 0 Å². The third kappa shape index (κ3) is 4.21. The fourth-order valence-corrected chi connectivity index (χ4v) is 5.46. The van der Waals surface area contributed by atoms with E-state index in [1.807, 2.05) is 6.92 Å². The molecule has 0 atom stereocenters. The zero-order valence-electron chi connectivity index (χ0n) is 12.1. The standard InChI is InChI=1S/C13H18F3NO3S2/c1-2-11-3-4-12(21-11)22(18,19)17(9-13(14,15)16)10-5-7-20-8-6-10/h3-4,10H,2,5-9H2,1H3. The third-order valence-electron chi connectivity index (χ3n) is 3.48. The smallest absolute Gasteiger partial charge is 0.381 e. The van der Waals surface area contributed by atoms with Crippen molar-refractivity contribution in [3.05, 3.63) is 17.0 Å². The Bertz CT molecular complexity index is 592. The maximum atomic E-state index is 12.8. The molecular weight excluding hydrogens is 339 g/mol. The van der Waals surface area contributed by atoms with Crippen molar-refractivity contribution >= 4 is 21.4 Å². The van der Waals surface area contributed by atoms with Gasteiger partial charge in [0, 0.05) is 24.1 Å². The van der Waals surface area contributed by atoms with E-state index in [4.69, 9.17) is 4.74 Å². The van der Waals surface area contributed by atoms with E-state index in [2.05, 4.69) is 0 Å². The Morgan fingerprint density at radius 1 is 1.32 bits per heavy atom. The number of sulfonamides is 1. The minimum Gasteiger partial charge on any atom is -0.381 e. The molecule has 126 valence electrons. The molecule has 0 N–H and O–H groups in total. The topological polar surface area (TPSA) is 46.6 Å². The molecule has 0 unspecified atom stereocenters. The van der Waals surface area contributed by atoms with Gasteiger partial charge >= 0.3 is 6.18 Å². The summed E-state index contributed by atoms with van der Waals surface area (Å²) in [6, 6.07) is 2.36. The van der Waals surface area contributed by atoms with Crippen LogP contribution in [0.15, 0.2) is 16.3 Å². The molecule has 1 aromatic heterocycles. The van der Waals surface area contributed by atoms with Gasteiger partial charge in [0.25, 0.3) is 10.0 Å². The minimum absolute atomic E-state index is 0.0277. The summed E-state index contributed by atoms with van der Waals surface area (Å²) < 4.78 is 69.5. The number of thiophene rings is 1. The monoisotopic (exact) mass is 357 g/mol. The summed E-state index contributed by atoms with van der Waals surface area (Å²) in [6.07, 6.45) is -3.37. The highest BCUT2D eigenvalue weighted by atomic mass is 32.2. The van der Waals surface area contributed by atoms with Gasteiger partial charge in [0.2, 0.25) is 0 Å². The van der Waals surface area contributed by atoms with Crippen LogP contribution in [-0.4, -0.2) is 44.7 Å². The SMILES string of the molecule is CCc1ccc(S(=O)(=O)N(CC(F)(F)F)C2CCOCC2)s1. The summed E-state index contributed by atoms with van der Waals surface area (Å²) in [5, 5.41) is 0. The number of aryl methyl sites for hydroxylation is 1. The molecule has 0 spiro atoms. The van der Waals surface area contributed by atoms with E-state index in [0.29, 0.717) is 10.7 Å². The fraction of sp³-hybridized carbons (Fsp3) is 0.692. The lowest BCUT2D eigenvalue weighted by molar-refractivity contribution is -0.141. The molecule has 22 heavy (non-hydrogen) atoms. The highest BCUT2D eigenvalue weighted by molar-refractivity contribution is 7.91. The summed E-state index contributed by atoms with van der Waals surface area (Å²) in [4.78, 5) is 0.831. The quantitative estimate of drug-likeness (QED) is 0.814. The molecule has 9 heteroatoms. The molecule has 2 heterocycles. The average Bonchev–Trinajstić information content (AvgIpc) is 2.94. The molecule has 0 aliphatic carbocycles. The van der Waals surface area contributed by atoms with Crippen molar-refractivity contribution in [1.29, 1.82) is 0 Å². The molecular formula is C13H18F3NO3S2. The second kappa shape index (κ2) is 6.86. The van der Waals surface area contributed by atoms with Crippen molar-refractivity contribution in [3.8, 4) is 0 Å². The zero-order valence-corrected chi connectivity index (χ0v) is 13.7. The van der Waals surface area contributed by atoms with Crippen molar-refractivity contribution in [1.82, 2.24) is 4.31 Å². The van der Waals surface area contributed by atoms with E-state index in [-0.39, 0.29) is 30.3 Å². The predicted molar refractivity (Wildman–Crippen MR) is 77.5 cm³/mol. The van der Waals surface area contributed by atoms with Crippen LogP contribution in [0.25, 0.3) is 0 Å². The van der Waals surface area contributed by atoms with Gasteiger partial charge in [0.05, 0.1) is 0 Å². The lowest BCUT2D eigenvalue weighted by Crippen LogP contribution is -2.47. The summed E-state index contributed by atoms with van der Waals surface area (Å²) in [7, 11) is -4.15. The van der Waals surface area contributed by atoms with E-state index in [9.17, 15) is 21.6 Å². The Balaban J connectivity index is 2.33. The maximum absolute atomic E-state index is 12.8. The van der Waals surface area contributed by atoms with Crippen LogP contribution in [0.1, 0.15) is 24.6 Å². The van der Waals surface area contributed by atoms with Crippen molar-refractivity contribution in [3.63, 3.8) is 0 Å². The van der Waals surface area contributed by atoms with Crippen LogP contribution in [0.2, 0.25) is 0 Å². The Kier molecular flexibility index (Phi) is 5.52. The Morgan fingerprint density at radius 3 is 2.45 bits per heavy atom. The molecule has 1 aliphatic heterocycles. The first-order valence-corrected chi connectivity index (χ1v) is 9.24. The first kappa shape index (κ1) is 17.7. The molecule has 1 fully saturated rings. The highest BCUT2D eigenvalue weighted by Crippen LogP contribution is 2.31. The molecule has 0 radical (unpaired) electrons. The predicted octanol–water partition coefficient (Wildman–Crippen LogP) is 3.04. The maximum Gasteiger partial charge on any atom is 0.402 e. The number of alkyl halides is 3. The van der Waals surface area contributed by atoms with E-state index >= 15 is 0 Å². The van der Waals surface area contributed by atoms with Gasteiger partial charge in [-0.15, -0.1) is 11.3 Å². The number of nitrogens with zero attached hydrogens (tertiary/aromatic N) is 1. The second-order valence-electron chi connectivity index (χ2n) is 5.08. The number of ether oxygens (including phenoxy) is 1. The molecule has 2 rings (SSSR count). The highest BCUT2D eigenvalue weighted by Gasteiger charge is 2.41. The Hall–Kier alpha value is -0.640. The van der Waals surface area contributed by atoms with Crippen LogP contribution in [0.3, 0.4) is 0 Å². The number of rotatable bonds is 5. The molecule has 0 aromatic carbocycles. The lowest BCUT2D eigenvalue weighted by Gasteiger charge is -2.33. The summed E-state index contributed by atoms with van der Waals surface area (Å²) in [5.74, 6) is 0. The van der Waals surface area contributed by atoms with Crippen LogP contribution in [0, 0.1) is 0 Å². The molecule has 0 amide bonds. The Morgan fingerprint density at radius 2 is 1.95 bits per heavy atom. The van der Waals surface area contributed by atoms with Gasteiger partial charge in [-0.2, -0.15) is 17.5 Å². The first-order valence-electron chi connectivity index (χ1n) is 6.99. The van der Waals surface area contributed by atoms with Crippen LogP contribution >= 0.6 is 11.3 Å². The van der Waals surface area contributed by atoms with E-state index in [0.717, 1.165) is 16.2 Å². The van der Waals surface area contributed by atoms with E-state index in [1.54, 1.807) is 6.07 Å². The molecule has 0 saturated carbocycles. The number of halogens is 3. The fourth-order valence-electron chi connectivity index (χ4n) is 2.36. The van der Waals surface area contributed by atoms with Crippen molar-refractivity contribution in [2.45, 2.75) is 42.6 Å². The van der Waals surface area contributed by atoms with Crippen LogP contribution in [0.4, 0.5) is 13.2 Å². The molecule has 4 nitrogen and oxygen atoms in total. The minimum atomic E-state index is -4.57. The second-order valence-corrected chi connectivity index (χ2v) is 8.37. The first-order chi connectivity index (χ1) is 10.2.